The Morgan fingerprint density at radius 3 is 3.00 bits per heavy atom. The molecule has 1 atom stereocenters. The molecule has 1 rings (SSSR count). The number of hydrogen-bond donors (Lipinski definition) is 1. The third-order valence-corrected chi connectivity index (χ3v) is 1.64. The van der Waals surface area contributed by atoms with E-state index in [9.17, 15) is 4.79 Å². The number of hydrogen-bond acceptors (Lipinski definition) is 1. The van der Waals surface area contributed by atoms with E-state index in [1.165, 1.54) is 6.42 Å². The molecule has 0 saturated heterocycles. The smallest absolute Gasteiger partial charge is 0.217 e. The summed E-state index contributed by atoms with van der Waals surface area (Å²) < 4.78 is 0. The fraction of sp³-hybridized carbons (Fsp3) is 0.625. The molecule has 1 amide bonds. The van der Waals surface area contributed by atoms with Crippen LogP contribution in [0.2, 0.25) is 0 Å². The lowest BCUT2D eigenvalue weighted by molar-refractivity contribution is -0.119. The molecule has 1 aliphatic carbocycles. The standard InChI is InChI=1S/C8H13NO/c1-7(10)9-8-5-3-2-4-6-8/h3,5,8H,2,4,6H2,1H3,(H,9,10)/t8-/m1/s1. The number of allylic oxidation sites excluding steroid dienone is 1. The van der Waals surface area contributed by atoms with Crippen LogP contribution in [0.4, 0.5) is 0 Å². The predicted octanol–water partition coefficient (Wildman–Crippen LogP) is 1.23. The maximum Gasteiger partial charge on any atom is 0.217 e. The molecule has 0 unspecified atom stereocenters. The van der Waals surface area contributed by atoms with Gasteiger partial charge in [-0.3, -0.25) is 4.79 Å². The lowest BCUT2D eigenvalue weighted by Gasteiger charge is -2.16. The van der Waals surface area contributed by atoms with Crippen LogP contribution in [0.15, 0.2) is 12.2 Å². The van der Waals surface area contributed by atoms with E-state index in [0.29, 0.717) is 6.04 Å². The number of carbonyl (C=O) groups excluding carboxylic acids is 1. The van der Waals surface area contributed by atoms with Crippen molar-refractivity contribution in [3.05, 3.63) is 12.2 Å². The maximum absolute atomic E-state index is 10.6. The molecule has 0 aromatic rings. The highest BCUT2D eigenvalue weighted by atomic mass is 16.1. The van der Waals surface area contributed by atoms with Crippen molar-refractivity contribution in [1.82, 2.24) is 5.32 Å². The number of nitrogens with one attached hydrogen (secondary N) is 1. The minimum absolute atomic E-state index is 0.0663. The van der Waals surface area contributed by atoms with E-state index in [2.05, 4.69) is 17.5 Å². The van der Waals surface area contributed by atoms with Gasteiger partial charge in [-0.05, 0) is 19.3 Å². The van der Waals surface area contributed by atoms with Gasteiger partial charge in [0.25, 0.3) is 0 Å². The second-order valence-corrected chi connectivity index (χ2v) is 2.67. The largest absolute Gasteiger partial charge is 0.350 e. The summed E-state index contributed by atoms with van der Waals surface area (Å²) in [7, 11) is 0. The SMILES string of the molecule is CC(=O)N[C@@H]1C=CCCC1. The van der Waals surface area contributed by atoms with Crippen LogP contribution in [0.25, 0.3) is 0 Å². The molecular weight excluding hydrogens is 126 g/mol. The van der Waals surface area contributed by atoms with Gasteiger partial charge in [0.15, 0.2) is 0 Å². The van der Waals surface area contributed by atoms with Crippen molar-refractivity contribution in [3.63, 3.8) is 0 Å². The molecule has 1 aliphatic rings. The first-order valence-electron chi connectivity index (χ1n) is 3.73. The summed E-state index contributed by atoms with van der Waals surface area (Å²) in [5, 5.41) is 2.86. The van der Waals surface area contributed by atoms with Gasteiger partial charge in [0.05, 0.1) is 0 Å². The molecule has 0 fully saturated rings. The van der Waals surface area contributed by atoms with E-state index in [1.54, 1.807) is 6.92 Å². The lowest BCUT2D eigenvalue weighted by Crippen LogP contribution is -2.32. The number of rotatable bonds is 1. The highest BCUT2D eigenvalue weighted by Crippen LogP contribution is 2.09. The fourth-order valence-electron chi connectivity index (χ4n) is 1.19. The molecule has 0 aromatic heterocycles. The van der Waals surface area contributed by atoms with Crippen molar-refractivity contribution in [1.29, 1.82) is 0 Å². The van der Waals surface area contributed by atoms with E-state index < -0.39 is 0 Å². The van der Waals surface area contributed by atoms with Crippen molar-refractivity contribution in [2.45, 2.75) is 32.2 Å². The van der Waals surface area contributed by atoms with Gasteiger partial charge in [0.1, 0.15) is 0 Å². The van der Waals surface area contributed by atoms with Crippen LogP contribution < -0.4 is 5.32 Å². The number of amides is 1. The highest BCUT2D eigenvalue weighted by molar-refractivity contribution is 5.73. The van der Waals surface area contributed by atoms with Crippen molar-refractivity contribution in [2.75, 3.05) is 0 Å². The average molecular weight is 139 g/mol. The third-order valence-electron chi connectivity index (χ3n) is 1.64. The van der Waals surface area contributed by atoms with Crippen molar-refractivity contribution < 1.29 is 4.79 Å². The van der Waals surface area contributed by atoms with Crippen LogP contribution in [-0.4, -0.2) is 11.9 Å². The molecular formula is C8H13NO. The van der Waals surface area contributed by atoms with Crippen molar-refractivity contribution in [2.24, 2.45) is 0 Å². The van der Waals surface area contributed by atoms with Crippen LogP contribution in [-0.2, 0) is 4.79 Å². The predicted molar refractivity (Wildman–Crippen MR) is 40.6 cm³/mol. The van der Waals surface area contributed by atoms with Gasteiger partial charge in [-0.1, -0.05) is 12.2 Å². The van der Waals surface area contributed by atoms with Crippen LogP contribution in [0.5, 0.6) is 0 Å². The van der Waals surface area contributed by atoms with E-state index in [1.807, 2.05) is 0 Å². The monoisotopic (exact) mass is 139 g/mol. The summed E-state index contributed by atoms with van der Waals surface area (Å²) in [6, 6.07) is 0.297. The zero-order valence-electron chi connectivity index (χ0n) is 6.26. The van der Waals surface area contributed by atoms with Crippen LogP contribution in [0, 0.1) is 0 Å². The van der Waals surface area contributed by atoms with E-state index in [-0.39, 0.29) is 5.91 Å². The van der Waals surface area contributed by atoms with Gasteiger partial charge in [-0.15, -0.1) is 0 Å². The minimum Gasteiger partial charge on any atom is -0.350 e. The maximum atomic E-state index is 10.6. The fourth-order valence-corrected chi connectivity index (χ4v) is 1.19. The Hall–Kier alpha value is -0.790. The van der Waals surface area contributed by atoms with Gasteiger partial charge in [0, 0.05) is 13.0 Å². The highest BCUT2D eigenvalue weighted by Gasteiger charge is 2.07. The van der Waals surface area contributed by atoms with Gasteiger partial charge in [-0.25, -0.2) is 0 Å². The van der Waals surface area contributed by atoms with Gasteiger partial charge in [0.2, 0.25) is 5.91 Å². The first-order valence-corrected chi connectivity index (χ1v) is 3.73. The Bertz CT molecular complexity index is 151. The van der Waals surface area contributed by atoms with E-state index in [4.69, 9.17) is 0 Å². The van der Waals surface area contributed by atoms with E-state index >= 15 is 0 Å². The van der Waals surface area contributed by atoms with Gasteiger partial charge >= 0.3 is 0 Å². The molecule has 0 saturated carbocycles. The topological polar surface area (TPSA) is 29.1 Å². The summed E-state index contributed by atoms with van der Waals surface area (Å²) in [4.78, 5) is 10.6. The number of carbonyl (C=O) groups is 1. The second-order valence-electron chi connectivity index (χ2n) is 2.67. The summed E-state index contributed by atoms with van der Waals surface area (Å²) in [6.45, 7) is 1.56. The Morgan fingerprint density at radius 2 is 2.50 bits per heavy atom. The Morgan fingerprint density at radius 1 is 1.70 bits per heavy atom. The summed E-state index contributed by atoms with van der Waals surface area (Å²) >= 11 is 0. The zero-order valence-corrected chi connectivity index (χ0v) is 6.26. The van der Waals surface area contributed by atoms with Crippen LogP contribution in [0.3, 0.4) is 0 Å². The molecule has 2 heteroatoms. The Balaban J connectivity index is 2.33. The summed E-state index contributed by atoms with van der Waals surface area (Å²) in [6.07, 6.45) is 7.66. The molecule has 0 heterocycles. The van der Waals surface area contributed by atoms with Crippen LogP contribution in [0.1, 0.15) is 26.2 Å². The van der Waals surface area contributed by atoms with Gasteiger partial charge in [-0.2, -0.15) is 0 Å². The molecule has 10 heavy (non-hydrogen) atoms. The Labute approximate surface area is 61.3 Å². The molecule has 56 valence electrons. The van der Waals surface area contributed by atoms with Crippen molar-refractivity contribution >= 4 is 5.91 Å². The van der Waals surface area contributed by atoms with Crippen LogP contribution >= 0.6 is 0 Å². The Kier molecular flexibility index (Phi) is 2.49. The second kappa shape index (κ2) is 3.40. The normalized spacial score (nSPS) is 24.3. The molecule has 0 spiro atoms. The lowest BCUT2D eigenvalue weighted by atomic mass is 10.0. The van der Waals surface area contributed by atoms with Gasteiger partial charge < -0.3 is 5.32 Å². The molecule has 0 bridgehead atoms. The summed E-state index contributed by atoms with van der Waals surface area (Å²) in [5.41, 5.74) is 0. The van der Waals surface area contributed by atoms with E-state index in [0.717, 1.165) is 12.8 Å². The summed E-state index contributed by atoms with van der Waals surface area (Å²) in [5.74, 6) is 0.0663. The first kappa shape index (κ1) is 7.32. The molecule has 0 aliphatic heterocycles. The molecule has 2 nitrogen and oxygen atoms in total. The molecule has 0 radical (unpaired) electrons. The minimum atomic E-state index is 0.0663. The average Bonchev–Trinajstić information content (AvgIpc) is 1.88. The quantitative estimate of drug-likeness (QED) is 0.544. The zero-order chi connectivity index (χ0) is 7.40. The molecule has 1 N–H and O–H groups in total. The third kappa shape index (κ3) is 2.21. The van der Waals surface area contributed by atoms with Crippen molar-refractivity contribution in [3.8, 4) is 0 Å². The molecule has 0 aromatic carbocycles. The first-order chi connectivity index (χ1) is 4.79.